The zero-order valence-corrected chi connectivity index (χ0v) is 17.4. The molecule has 5 nitrogen and oxygen atoms in total. The summed E-state index contributed by atoms with van der Waals surface area (Å²) >= 11 is 6.20. The predicted molar refractivity (Wildman–Crippen MR) is 115 cm³/mol. The van der Waals surface area contributed by atoms with Crippen molar-refractivity contribution in [1.29, 1.82) is 0 Å². The maximum Gasteiger partial charge on any atom is 0.224 e. The van der Waals surface area contributed by atoms with Gasteiger partial charge in [0.25, 0.3) is 0 Å². The molecule has 0 aromatic heterocycles. The molecule has 2 heterocycles. The van der Waals surface area contributed by atoms with Crippen molar-refractivity contribution in [2.45, 2.75) is 44.9 Å². The number of hydrogen-bond donors (Lipinski definition) is 0. The van der Waals surface area contributed by atoms with E-state index in [9.17, 15) is 4.79 Å². The molecule has 3 rings (SSSR count). The lowest BCUT2D eigenvalue weighted by molar-refractivity contribution is 0.112. The van der Waals surface area contributed by atoms with E-state index < -0.39 is 0 Å². The fourth-order valence-electron chi connectivity index (χ4n) is 3.53. The van der Waals surface area contributed by atoms with E-state index in [1.54, 1.807) is 6.21 Å². The van der Waals surface area contributed by atoms with Gasteiger partial charge in [-0.2, -0.15) is 0 Å². The second-order valence-corrected chi connectivity index (χ2v) is 8.01. The minimum absolute atomic E-state index is 0.169. The van der Waals surface area contributed by atoms with Crippen molar-refractivity contribution in [3.8, 4) is 5.75 Å². The molecule has 2 aliphatic heterocycles. The Balaban J connectivity index is 1.39. The van der Waals surface area contributed by atoms with Crippen LogP contribution in [-0.4, -0.2) is 48.4 Å². The van der Waals surface area contributed by atoms with Crippen molar-refractivity contribution < 1.29 is 9.53 Å². The number of carbonyl (C=O) groups excluding carboxylic acids is 1. The minimum atomic E-state index is -0.169. The second-order valence-electron chi connectivity index (χ2n) is 7.54. The monoisotopic (exact) mass is 401 g/mol. The van der Waals surface area contributed by atoms with Gasteiger partial charge in [-0.05, 0) is 74.8 Å². The molecule has 2 aliphatic rings. The average molecular weight is 402 g/mol. The van der Waals surface area contributed by atoms with Crippen LogP contribution >= 0.6 is 11.6 Å². The van der Waals surface area contributed by atoms with Gasteiger partial charge in [-0.15, -0.1) is 11.6 Å². The fourth-order valence-corrected chi connectivity index (χ4v) is 3.64. The Morgan fingerprint density at radius 1 is 1.29 bits per heavy atom. The summed E-state index contributed by atoms with van der Waals surface area (Å²) < 4.78 is 5.84. The van der Waals surface area contributed by atoms with Crippen LogP contribution < -0.4 is 4.74 Å². The number of allylic oxidation sites excluding steroid dienone is 1. The minimum Gasteiger partial charge on any atom is -0.494 e. The second kappa shape index (κ2) is 9.87. The Morgan fingerprint density at radius 2 is 2.07 bits per heavy atom. The van der Waals surface area contributed by atoms with Crippen molar-refractivity contribution >= 4 is 30.1 Å². The maximum atomic E-state index is 10.9. The van der Waals surface area contributed by atoms with Crippen LogP contribution in [0.25, 0.3) is 0 Å². The molecule has 1 saturated heterocycles. The van der Waals surface area contributed by atoms with Gasteiger partial charge in [0.15, 0.2) is 0 Å². The highest BCUT2D eigenvalue weighted by atomic mass is 35.5. The molecular formula is C22H28ClN3O2. The van der Waals surface area contributed by atoms with Crippen molar-refractivity contribution in [2.75, 3.05) is 19.7 Å². The van der Waals surface area contributed by atoms with Gasteiger partial charge in [-0.3, -0.25) is 4.79 Å². The first kappa shape index (κ1) is 20.6. The van der Waals surface area contributed by atoms with Crippen LogP contribution in [0, 0.1) is 12.8 Å². The highest BCUT2D eigenvalue weighted by Crippen LogP contribution is 2.24. The first-order valence-corrected chi connectivity index (χ1v) is 10.4. The first-order valence-electron chi connectivity index (χ1n) is 9.93. The highest BCUT2D eigenvalue weighted by Gasteiger charge is 2.22. The van der Waals surface area contributed by atoms with Crippen molar-refractivity contribution in [1.82, 2.24) is 4.90 Å². The fraction of sp³-hybridized carbons (Fsp3) is 0.500. The Hall–Kier alpha value is -2.14. The van der Waals surface area contributed by atoms with Crippen LogP contribution in [0.15, 0.2) is 40.0 Å². The summed E-state index contributed by atoms with van der Waals surface area (Å²) in [5.41, 5.74) is 2.69. The number of ether oxygens (including phenoxy) is 1. The number of hydrogen-bond acceptors (Lipinski definition) is 5. The number of aldehydes is 1. The molecule has 0 saturated carbocycles. The number of aliphatic imine (C=N–C) groups is 2. The van der Waals surface area contributed by atoms with E-state index in [0.29, 0.717) is 18.1 Å². The van der Waals surface area contributed by atoms with Gasteiger partial charge >= 0.3 is 0 Å². The average Bonchev–Trinajstić information content (AvgIpc) is 2.87. The molecule has 0 N–H and O–H groups in total. The number of carbonyl (C=O) groups is 1. The zero-order valence-electron chi connectivity index (χ0n) is 16.6. The van der Waals surface area contributed by atoms with Crippen molar-refractivity contribution in [3.63, 3.8) is 0 Å². The Kier molecular flexibility index (Phi) is 7.26. The van der Waals surface area contributed by atoms with Gasteiger partial charge in [0.1, 0.15) is 12.0 Å². The van der Waals surface area contributed by atoms with Crippen LogP contribution in [0.5, 0.6) is 5.75 Å². The summed E-state index contributed by atoms with van der Waals surface area (Å²) in [4.78, 5) is 22.1. The molecule has 1 aromatic rings. The topological polar surface area (TPSA) is 54.3 Å². The van der Waals surface area contributed by atoms with Gasteiger partial charge in [-0.25, -0.2) is 9.98 Å². The molecule has 0 bridgehead atoms. The number of benzene rings is 1. The quantitative estimate of drug-likeness (QED) is 0.396. The van der Waals surface area contributed by atoms with Crippen LogP contribution in [0.2, 0.25) is 0 Å². The molecule has 0 spiro atoms. The Morgan fingerprint density at radius 3 is 2.79 bits per heavy atom. The van der Waals surface area contributed by atoms with E-state index in [-0.39, 0.29) is 5.38 Å². The number of rotatable bonds is 6. The summed E-state index contributed by atoms with van der Waals surface area (Å²) in [5.74, 6) is 2.33. The zero-order chi connectivity index (χ0) is 19.9. The summed E-state index contributed by atoms with van der Waals surface area (Å²) in [6.45, 7) is 6.57. The van der Waals surface area contributed by atoms with Gasteiger partial charge in [0, 0.05) is 31.1 Å². The van der Waals surface area contributed by atoms with Crippen molar-refractivity contribution in [2.24, 2.45) is 15.9 Å². The lowest BCUT2D eigenvalue weighted by atomic mass is 9.92. The molecule has 0 amide bonds. The largest absolute Gasteiger partial charge is 0.494 e. The third kappa shape index (κ3) is 5.44. The van der Waals surface area contributed by atoms with Gasteiger partial charge in [0.2, 0.25) is 5.96 Å². The predicted octanol–water partition coefficient (Wildman–Crippen LogP) is 4.63. The number of alkyl halides is 1. The molecule has 1 atom stereocenters. The molecular weight excluding hydrogens is 374 g/mol. The smallest absolute Gasteiger partial charge is 0.224 e. The summed E-state index contributed by atoms with van der Waals surface area (Å²) in [5, 5.41) is -0.169. The third-order valence-corrected chi connectivity index (χ3v) is 5.89. The standard InChI is InChI=1S/C22H28ClN3O2/c1-16-12-20(6-5-19(16)15-27)28-11-3-4-18-7-9-26(10-8-18)22-24-13-17(2)21(23)14-25-22/h5-6,12-15,18,21H,3-4,7-11H2,1-2H3. The Bertz CT molecular complexity index is 780. The van der Waals surface area contributed by atoms with E-state index in [4.69, 9.17) is 16.3 Å². The lowest BCUT2D eigenvalue weighted by Gasteiger charge is -2.32. The molecule has 28 heavy (non-hydrogen) atoms. The summed E-state index contributed by atoms with van der Waals surface area (Å²) in [7, 11) is 0. The summed E-state index contributed by atoms with van der Waals surface area (Å²) in [6.07, 6.45) is 8.97. The van der Waals surface area contributed by atoms with E-state index in [0.717, 1.165) is 67.9 Å². The van der Waals surface area contributed by atoms with Gasteiger partial charge in [-0.1, -0.05) is 0 Å². The first-order chi connectivity index (χ1) is 13.6. The van der Waals surface area contributed by atoms with E-state index in [1.165, 1.54) is 0 Å². The van der Waals surface area contributed by atoms with Crippen LogP contribution in [-0.2, 0) is 0 Å². The number of halogens is 1. The molecule has 0 aliphatic carbocycles. The summed E-state index contributed by atoms with van der Waals surface area (Å²) in [6, 6.07) is 5.61. The van der Waals surface area contributed by atoms with Crippen LogP contribution in [0.3, 0.4) is 0 Å². The molecule has 1 fully saturated rings. The van der Waals surface area contributed by atoms with E-state index in [2.05, 4.69) is 14.9 Å². The number of likely N-dealkylation sites (tertiary alicyclic amines) is 1. The Labute approximate surface area is 172 Å². The SMILES string of the molecule is CC1=CN=C(N2CCC(CCCOc3ccc(C=O)c(C)c3)CC2)N=CC1Cl. The van der Waals surface area contributed by atoms with E-state index >= 15 is 0 Å². The van der Waals surface area contributed by atoms with Gasteiger partial charge < -0.3 is 9.64 Å². The maximum absolute atomic E-state index is 10.9. The number of guanidine groups is 1. The normalized spacial score (nSPS) is 20.4. The molecule has 6 heteroatoms. The number of nitrogens with zero attached hydrogens (tertiary/aromatic N) is 3. The number of piperidine rings is 1. The molecule has 0 radical (unpaired) electrons. The third-order valence-electron chi connectivity index (χ3n) is 5.43. The molecule has 150 valence electrons. The number of aryl methyl sites for hydroxylation is 1. The highest BCUT2D eigenvalue weighted by molar-refractivity contribution is 6.30. The molecule has 1 unspecified atom stereocenters. The van der Waals surface area contributed by atoms with Crippen LogP contribution in [0.4, 0.5) is 0 Å². The van der Waals surface area contributed by atoms with Crippen molar-refractivity contribution in [3.05, 3.63) is 41.1 Å². The lowest BCUT2D eigenvalue weighted by Crippen LogP contribution is -2.37. The van der Waals surface area contributed by atoms with Gasteiger partial charge in [0.05, 0.1) is 12.0 Å². The van der Waals surface area contributed by atoms with Crippen LogP contribution in [0.1, 0.15) is 48.5 Å². The van der Waals surface area contributed by atoms with E-state index in [1.807, 2.05) is 38.2 Å². The molecule has 1 aromatic carbocycles.